The molecule has 3 aromatic rings. The summed E-state index contributed by atoms with van der Waals surface area (Å²) in [4.78, 5) is 4.47. The highest BCUT2D eigenvalue weighted by atomic mass is 32.2. The molecule has 4 rings (SSSR count). The number of hydrogen-bond acceptors (Lipinski definition) is 8. The van der Waals surface area contributed by atoms with Crippen LogP contribution in [0, 0.1) is 0 Å². The zero-order chi connectivity index (χ0) is 18.1. The van der Waals surface area contributed by atoms with Gasteiger partial charge in [0.05, 0.1) is 7.11 Å². The van der Waals surface area contributed by atoms with E-state index in [2.05, 4.69) is 20.5 Å². The summed E-state index contributed by atoms with van der Waals surface area (Å²) < 4.78 is 11.3. The maximum absolute atomic E-state index is 9.85. The maximum Gasteiger partial charge on any atom is 0.247 e. The second-order valence-electron chi connectivity index (χ2n) is 5.57. The number of para-hydroxylation sites is 1. The molecule has 0 saturated carbocycles. The van der Waals surface area contributed by atoms with Crippen LogP contribution in [0.1, 0.15) is 11.8 Å². The normalized spacial score (nSPS) is 15.1. The summed E-state index contributed by atoms with van der Waals surface area (Å²) in [5.74, 6) is 0.842. The van der Waals surface area contributed by atoms with Crippen molar-refractivity contribution in [1.82, 2.24) is 15.2 Å². The van der Waals surface area contributed by atoms with E-state index < -0.39 is 6.23 Å². The molecule has 2 N–H and O–H groups in total. The molecule has 0 unspecified atom stereocenters. The number of rotatable bonds is 3. The molecule has 2 heterocycles. The second-order valence-corrected chi connectivity index (χ2v) is 6.34. The standard InChI is InChI=1S/C18H16N4O3S/c1-24-14-9-10(7-8-13(14)23)16-19-12-6-4-3-5-11(12)15-17(25-16)20-18(26-2)22-21-15/h3-9,16,19,23H,1-2H3/t16-/m0/s1. The van der Waals surface area contributed by atoms with Crippen molar-refractivity contribution in [2.45, 2.75) is 11.4 Å². The molecular formula is C18H16N4O3S. The van der Waals surface area contributed by atoms with E-state index in [0.29, 0.717) is 22.5 Å². The summed E-state index contributed by atoms with van der Waals surface area (Å²) in [7, 11) is 1.51. The van der Waals surface area contributed by atoms with Crippen molar-refractivity contribution in [3.05, 3.63) is 48.0 Å². The Hall–Kier alpha value is -3.00. The van der Waals surface area contributed by atoms with Gasteiger partial charge in [0.1, 0.15) is 0 Å². The van der Waals surface area contributed by atoms with Crippen molar-refractivity contribution in [2.24, 2.45) is 0 Å². The van der Waals surface area contributed by atoms with E-state index in [1.165, 1.54) is 18.9 Å². The van der Waals surface area contributed by atoms with Gasteiger partial charge in [-0.05, 0) is 30.5 Å². The van der Waals surface area contributed by atoms with Crippen molar-refractivity contribution >= 4 is 17.4 Å². The van der Waals surface area contributed by atoms with Crippen LogP contribution in [0.25, 0.3) is 11.3 Å². The molecular weight excluding hydrogens is 352 g/mol. The monoisotopic (exact) mass is 368 g/mol. The third-order valence-corrected chi connectivity index (χ3v) is 4.56. The van der Waals surface area contributed by atoms with Gasteiger partial charge in [0, 0.05) is 16.8 Å². The largest absolute Gasteiger partial charge is 0.504 e. The number of aromatic hydroxyl groups is 1. The van der Waals surface area contributed by atoms with Gasteiger partial charge in [-0.15, -0.1) is 10.2 Å². The molecule has 7 nitrogen and oxygen atoms in total. The van der Waals surface area contributed by atoms with E-state index in [-0.39, 0.29) is 5.75 Å². The number of thioether (sulfide) groups is 1. The fourth-order valence-corrected chi connectivity index (χ4v) is 3.04. The quantitative estimate of drug-likeness (QED) is 0.679. The zero-order valence-corrected chi connectivity index (χ0v) is 14.9. The molecule has 0 amide bonds. The predicted octanol–water partition coefficient (Wildman–Crippen LogP) is 3.48. The van der Waals surface area contributed by atoms with Gasteiger partial charge < -0.3 is 19.9 Å². The Morgan fingerprint density at radius 3 is 2.85 bits per heavy atom. The molecule has 0 spiro atoms. The Labute approximate surface area is 154 Å². The van der Waals surface area contributed by atoms with Crippen molar-refractivity contribution in [1.29, 1.82) is 0 Å². The van der Waals surface area contributed by atoms with Crippen LogP contribution in [0.3, 0.4) is 0 Å². The highest BCUT2D eigenvalue weighted by molar-refractivity contribution is 7.98. The number of methoxy groups -OCH3 is 1. The molecule has 0 radical (unpaired) electrons. The van der Waals surface area contributed by atoms with E-state index in [9.17, 15) is 5.11 Å². The fourth-order valence-electron chi connectivity index (χ4n) is 2.74. The maximum atomic E-state index is 9.85. The SMILES string of the molecule is COc1cc([C@H]2Nc3ccccc3-c3nnc(SC)nc3O2)ccc1O. The molecule has 1 aliphatic rings. The third kappa shape index (κ3) is 2.88. The number of nitrogens with one attached hydrogen (secondary N) is 1. The van der Waals surface area contributed by atoms with E-state index >= 15 is 0 Å². The van der Waals surface area contributed by atoms with E-state index in [0.717, 1.165) is 16.8 Å². The Kier molecular flexibility index (Phi) is 4.26. The van der Waals surface area contributed by atoms with Gasteiger partial charge in [0.15, 0.2) is 23.4 Å². The van der Waals surface area contributed by atoms with Gasteiger partial charge in [0.2, 0.25) is 11.0 Å². The number of phenols is 1. The van der Waals surface area contributed by atoms with Crippen molar-refractivity contribution in [3.63, 3.8) is 0 Å². The molecule has 2 aromatic carbocycles. The van der Waals surface area contributed by atoms with Gasteiger partial charge >= 0.3 is 0 Å². The third-order valence-electron chi connectivity index (χ3n) is 4.02. The first-order valence-corrected chi connectivity index (χ1v) is 9.10. The zero-order valence-electron chi connectivity index (χ0n) is 14.1. The van der Waals surface area contributed by atoms with Crippen LogP contribution < -0.4 is 14.8 Å². The number of benzene rings is 2. The topological polar surface area (TPSA) is 89.4 Å². The van der Waals surface area contributed by atoms with Crippen LogP contribution in [0.5, 0.6) is 17.4 Å². The molecule has 8 heteroatoms. The molecule has 1 aliphatic heterocycles. The van der Waals surface area contributed by atoms with Crippen LogP contribution in [0.2, 0.25) is 0 Å². The summed E-state index contributed by atoms with van der Waals surface area (Å²) in [6.07, 6.45) is 1.35. The van der Waals surface area contributed by atoms with Crippen molar-refractivity contribution < 1.29 is 14.6 Å². The molecule has 132 valence electrons. The van der Waals surface area contributed by atoms with Crippen LogP contribution in [-0.4, -0.2) is 33.7 Å². The minimum atomic E-state index is -0.529. The van der Waals surface area contributed by atoms with Crippen molar-refractivity contribution in [3.8, 4) is 28.6 Å². The minimum Gasteiger partial charge on any atom is -0.504 e. The summed E-state index contributed by atoms with van der Waals surface area (Å²) >= 11 is 1.40. The lowest BCUT2D eigenvalue weighted by Gasteiger charge is -2.20. The minimum absolute atomic E-state index is 0.0688. The Bertz CT molecular complexity index is 967. The number of anilines is 1. The Morgan fingerprint density at radius 2 is 2.04 bits per heavy atom. The first kappa shape index (κ1) is 16.5. The Balaban J connectivity index is 1.84. The van der Waals surface area contributed by atoms with Gasteiger partial charge in [-0.2, -0.15) is 4.98 Å². The molecule has 0 bridgehead atoms. The van der Waals surface area contributed by atoms with E-state index in [1.807, 2.05) is 30.5 Å². The van der Waals surface area contributed by atoms with Crippen LogP contribution in [-0.2, 0) is 0 Å². The van der Waals surface area contributed by atoms with Gasteiger partial charge in [-0.3, -0.25) is 0 Å². The summed E-state index contributed by atoms with van der Waals surface area (Å²) in [5.41, 5.74) is 3.09. The molecule has 0 saturated heterocycles. The lowest BCUT2D eigenvalue weighted by Crippen LogP contribution is -2.17. The average Bonchev–Trinajstić information content (AvgIpc) is 2.84. The molecule has 0 fully saturated rings. The number of phenolic OH excluding ortho intramolecular Hbond substituents is 1. The molecule has 26 heavy (non-hydrogen) atoms. The summed E-state index contributed by atoms with van der Waals surface area (Å²) in [6.45, 7) is 0. The lowest BCUT2D eigenvalue weighted by molar-refractivity contribution is 0.224. The molecule has 0 aliphatic carbocycles. The highest BCUT2D eigenvalue weighted by Crippen LogP contribution is 2.40. The summed E-state index contributed by atoms with van der Waals surface area (Å²) in [6, 6.07) is 12.8. The first-order chi connectivity index (χ1) is 12.7. The number of hydrogen-bond donors (Lipinski definition) is 2. The number of aromatic nitrogens is 3. The predicted molar refractivity (Wildman–Crippen MR) is 98.7 cm³/mol. The number of fused-ring (bicyclic) bond motifs is 3. The van der Waals surface area contributed by atoms with Crippen LogP contribution in [0.15, 0.2) is 47.6 Å². The summed E-state index contributed by atoms with van der Waals surface area (Å²) in [5, 5.41) is 22.2. The van der Waals surface area contributed by atoms with E-state index in [4.69, 9.17) is 9.47 Å². The second kappa shape index (κ2) is 6.72. The fraction of sp³-hybridized carbons (Fsp3) is 0.167. The molecule has 1 atom stereocenters. The number of ether oxygens (including phenoxy) is 2. The smallest absolute Gasteiger partial charge is 0.247 e. The van der Waals surface area contributed by atoms with Crippen LogP contribution >= 0.6 is 11.8 Å². The van der Waals surface area contributed by atoms with Gasteiger partial charge in [-0.25, -0.2) is 0 Å². The van der Waals surface area contributed by atoms with E-state index in [1.54, 1.807) is 18.2 Å². The lowest BCUT2D eigenvalue weighted by atomic mass is 10.1. The average molecular weight is 368 g/mol. The van der Waals surface area contributed by atoms with Crippen LogP contribution in [0.4, 0.5) is 5.69 Å². The highest BCUT2D eigenvalue weighted by Gasteiger charge is 2.26. The molecule has 1 aromatic heterocycles. The van der Waals surface area contributed by atoms with Gasteiger partial charge in [-0.1, -0.05) is 30.0 Å². The Morgan fingerprint density at radius 1 is 1.19 bits per heavy atom. The van der Waals surface area contributed by atoms with Gasteiger partial charge in [0.25, 0.3) is 0 Å². The number of nitrogens with zero attached hydrogens (tertiary/aromatic N) is 3. The first-order valence-electron chi connectivity index (χ1n) is 7.88. The van der Waals surface area contributed by atoms with Crippen molar-refractivity contribution in [2.75, 3.05) is 18.7 Å².